The smallest absolute Gasteiger partial charge is 0.266 e. The fourth-order valence-electron chi connectivity index (χ4n) is 2.76. The van der Waals surface area contributed by atoms with E-state index in [1.54, 1.807) is 48.5 Å². The third-order valence-corrected chi connectivity index (χ3v) is 5.22. The molecule has 0 radical (unpaired) electrons. The van der Waals surface area contributed by atoms with E-state index in [9.17, 15) is 10.1 Å². The highest BCUT2D eigenvalue weighted by Crippen LogP contribution is 2.34. The zero-order chi connectivity index (χ0) is 22.2. The maximum atomic E-state index is 12.6. The number of carbonyl (C=O) groups is 1. The Morgan fingerprint density at radius 2 is 1.87 bits per heavy atom. The van der Waals surface area contributed by atoms with Gasteiger partial charge in [0.2, 0.25) is 0 Å². The van der Waals surface area contributed by atoms with E-state index >= 15 is 0 Å². The number of benzene rings is 3. The summed E-state index contributed by atoms with van der Waals surface area (Å²) in [6, 6.07) is 21.6. The fourth-order valence-corrected chi connectivity index (χ4v) is 3.22. The van der Waals surface area contributed by atoms with E-state index in [1.165, 1.54) is 13.2 Å². The molecule has 31 heavy (non-hydrogen) atoms. The molecule has 0 aliphatic rings. The Hall–Kier alpha value is -3.27. The summed E-state index contributed by atoms with van der Waals surface area (Å²) in [6.45, 7) is 0.202. The number of halogens is 2. The van der Waals surface area contributed by atoms with Gasteiger partial charge in [-0.3, -0.25) is 4.79 Å². The molecular formula is C24H18BrClN2O3. The van der Waals surface area contributed by atoms with Gasteiger partial charge in [0.25, 0.3) is 5.91 Å². The number of hydrogen-bond acceptors (Lipinski definition) is 4. The van der Waals surface area contributed by atoms with Crippen LogP contribution in [-0.2, 0) is 11.4 Å². The highest BCUT2D eigenvalue weighted by molar-refractivity contribution is 9.10. The minimum absolute atomic E-state index is 0.0706. The Kier molecular flexibility index (Phi) is 7.71. The first-order valence-corrected chi connectivity index (χ1v) is 10.4. The molecule has 156 valence electrons. The molecular weight excluding hydrogens is 480 g/mol. The van der Waals surface area contributed by atoms with Crippen LogP contribution in [0, 0.1) is 11.3 Å². The molecule has 0 bridgehead atoms. The zero-order valence-electron chi connectivity index (χ0n) is 16.6. The first kappa shape index (κ1) is 22.4. The number of carbonyl (C=O) groups excluding carboxylic acids is 1. The maximum absolute atomic E-state index is 12.6. The highest BCUT2D eigenvalue weighted by Gasteiger charge is 2.15. The van der Waals surface area contributed by atoms with Gasteiger partial charge in [-0.1, -0.05) is 57.9 Å². The van der Waals surface area contributed by atoms with Crippen molar-refractivity contribution >= 4 is 45.2 Å². The summed E-state index contributed by atoms with van der Waals surface area (Å²) in [4.78, 5) is 12.6. The van der Waals surface area contributed by atoms with Crippen molar-refractivity contribution in [1.29, 1.82) is 5.26 Å². The molecule has 0 heterocycles. The second kappa shape index (κ2) is 10.7. The van der Waals surface area contributed by atoms with Crippen LogP contribution in [0.25, 0.3) is 6.08 Å². The molecule has 0 atom stereocenters. The van der Waals surface area contributed by atoms with Crippen molar-refractivity contribution in [2.24, 2.45) is 0 Å². The van der Waals surface area contributed by atoms with Crippen LogP contribution in [0.1, 0.15) is 11.1 Å². The standard InChI is InChI=1S/C24H18BrClN2O3/c1-30-22-8-4-6-16(23(22)31-15-17-5-2-3-7-21(17)26)13-18(14-27)24(29)28-20-11-9-19(25)10-12-20/h2-13H,15H2,1H3,(H,28,29)/b18-13+. The van der Waals surface area contributed by atoms with Gasteiger partial charge in [-0.25, -0.2) is 0 Å². The summed E-state index contributed by atoms with van der Waals surface area (Å²) < 4.78 is 12.3. The van der Waals surface area contributed by atoms with E-state index in [0.717, 1.165) is 10.0 Å². The van der Waals surface area contributed by atoms with Gasteiger partial charge in [-0.2, -0.15) is 5.26 Å². The van der Waals surface area contributed by atoms with Gasteiger partial charge in [-0.15, -0.1) is 0 Å². The third-order valence-electron chi connectivity index (χ3n) is 4.33. The molecule has 1 amide bonds. The third kappa shape index (κ3) is 5.88. The lowest BCUT2D eigenvalue weighted by molar-refractivity contribution is -0.112. The lowest BCUT2D eigenvalue weighted by Crippen LogP contribution is -2.13. The van der Waals surface area contributed by atoms with Gasteiger partial charge in [0.05, 0.1) is 7.11 Å². The van der Waals surface area contributed by atoms with Crippen molar-refractivity contribution in [3.05, 3.63) is 92.9 Å². The van der Waals surface area contributed by atoms with Gasteiger partial charge in [0.15, 0.2) is 11.5 Å². The Morgan fingerprint density at radius 3 is 2.55 bits per heavy atom. The molecule has 3 aromatic carbocycles. The number of anilines is 1. The number of hydrogen-bond donors (Lipinski definition) is 1. The minimum Gasteiger partial charge on any atom is -0.493 e. The monoisotopic (exact) mass is 496 g/mol. The molecule has 0 saturated heterocycles. The van der Waals surface area contributed by atoms with Crippen LogP contribution in [-0.4, -0.2) is 13.0 Å². The average Bonchev–Trinajstić information content (AvgIpc) is 2.78. The van der Waals surface area contributed by atoms with Crippen molar-refractivity contribution in [2.75, 3.05) is 12.4 Å². The molecule has 1 N–H and O–H groups in total. The van der Waals surface area contributed by atoms with Crippen LogP contribution in [0.15, 0.2) is 76.8 Å². The normalized spacial score (nSPS) is 10.8. The number of para-hydroxylation sites is 1. The topological polar surface area (TPSA) is 71.3 Å². The number of ether oxygens (including phenoxy) is 2. The van der Waals surface area contributed by atoms with Gasteiger partial charge in [-0.05, 0) is 42.5 Å². The van der Waals surface area contributed by atoms with Crippen molar-refractivity contribution in [2.45, 2.75) is 6.61 Å². The molecule has 0 aliphatic carbocycles. The van der Waals surface area contributed by atoms with E-state index in [2.05, 4.69) is 21.2 Å². The first-order valence-electron chi connectivity index (χ1n) is 9.23. The van der Waals surface area contributed by atoms with Crippen molar-refractivity contribution in [1.82, 2.24) is 0 Å². The van der Waals surface area contributed by atoms with Crippen molar-refractivity contribution in [3.63, 3.8) is 0 Å². The number of methoxy groups -OCH3 is 1. The number of nitriles is 1. The molecule has 3 aromatic rings. The van der Waals surface area contributed by atoms with Crippen molar-refractivity contribution < 1.29 is 14.3 Å². The number of amides is 1. The molecule has 3 rings (SSSR count). The van der Waals surface area contributed by atoms with Gasteiger partial charge in [0, 0.05) is 26.3 Å². The largest absolute Gasteiger partial charge is 0.493 e. The molecule has 5 nitrogen and oxygen atoms in total. The molecule has 0 saturated carbocycles. The van der Waals surface area contributed by atoms with Gasteiger partial charge < -0.3 is 14.8 Å². The molecule has 0 spiro atoms. The van der Waals surface area contributed by atoms with Crippen LogP contribution < -0.4 is 14.8 Å². The number of rotatable bonds is 7. The zero-order valence-corrected chi connectivity index (χ0v) is 18.9. The summed E-state index contributed by atoms with van der Waals surface area (Å²) in [7, 11) is 1.52. The van der Waals surface area contributed by atoms with Crippen LogP contribution >= 0.6 is 27.5 Å². The summed E-state index contributed by atoms with van der Waals surface area (Å²) in [5, 5.41) is 12.9. The summed E-state index contributed by atoms with van der Waals surface area (Å²) >= 11 is 9.56. The van der Waals surface area contributed by atoms with E-state index in [0.29, 0.717) is 27.8 Å². The van der Waals surface area contributed by atoms with Crippen LogP contribution in [0.3, 0.4) is 0 Å². The van der Waals surface area contributed by atoms with Crippen molar-refractivity contribution in [3.8, 4) is 17.6 Å². The average molecular weight is 498 g/mol. The van der Waals surface area contributed by atoms with Gasteiger partial charge in [0.1, 0.15) is 18.2 Å². The lowest BCUT2D eigenvalue weighted by Gasteiger charge is -2.14. The van der Waals surface area contributed by atoms with Crippen LogP contribution in [0.2, 0.25) is 5.02 Å². The quantitative estimate of drug-likeness (QED) is 0.310. The summed E-state index contributed by atoms with van der Waals surface area (Å²) in [5.41, 5.74) is 1.85. The summed E-state index contributed by atoms with van der Waals surface area (Å²) in [5.74, 6) is 0.366. The van der Waals surface area contributed by atoms with Crippen LogP contribution in [0.5, 0.6) is 11.5 Å². The molecule has 0 aromatic heterocycles. The minimum atomic E-state index is -0.523. The highest BCUT2D eigenvalue weighted by atomic mass is 79.9. The second-order valence-electron chi connectivity index (χ2n) is 6.39. The Balaban J connectivity index is 1.88. The molecule has 7 heteroatoms. The van der Waals surface area contributed by atoms with E-state index in [4.69, 9.17) is 21.1 Å². The molecule has 0 unspecified atom stereocenters. The number of nitrogens with zero attached hydrogens (tertiary/aromatic N) is 1. The Bertz CT molecular complexity index is 1150. The van der Waals surface area contributed by atoms with Crippen LogP contribution in [0.4, 0.5) is 5.69 Å². The predicted molar refractivity (Wildman–Crippen MR) is 125 cm³/mol. The Morgan fingerprint density at radius 1 is 1.13 bits per heavy atom. The number of nitrogens with one attached hydrogen (secondary N) is 1. The SMILES string of the molecule is COc1cccc(/C=C(\C#N)C(=O)Nc2ccc(Br)cc2)c1OCc1ccccc1Cl. The maximum Gasteiger partial charge on any atom is 0.266 e. The predicted octanol–water partition coefficient (Wildman–Crippen LogP) is 6.24. The van der Waals surface area contributed by atoms with E-state index < -0.39 is 5.91 Å². The van der Waals surface area contributed by atoms with E-state index in [-0.39, 0.29) is 12.2 Å². The fraction of sp³-hybridized carbons (Fsp3) is 0.0833. The molecule has 0 fully saturated rings. The summed E-state index contributed by atoms with van der Waals surface area (Å²) in [6.07, 6.45) is 1.47. The van der Waals surface area contributed by atoms with Gasteiger partial charge >= 0.3 is 0 Å². The molecule has 0 aliphatic heterocycles. The van der Waals surface area contributed by atoms with E-state index in [1.807, 2.05) is 24.3 Å². The second-order valence-corrected chi connectivity index (χ2v) is 7.71. The first-order chi connectivity index (χ1) is 15.0. The Labute approximate surface area is 194 Å². The lowest BCUT2D eigenvalue weighted by atomic mass is 10.1.